The average molecular weight is 201 g/mol. The fraction of sp³-hybridized carbons (Fsp3) is 0.900. The summed E-state index contributed by atoms with van der Waals surface area (Å²) < 4.78 is 0. The first-order chi connectivity index (χ1) is 6.81. The van der Waals surface area contributed by atoms with E-state index in [9.17, 15) is 4.79 Å². The third-order valence-electron chi connectivity index (χ3n) is 2.14. The summed E-state index contributed by atoms with van der Waals surface area (Å²) in [6.07, 6.45) is 7.13. The maximum atomic E-state index is 10.7. The highest BCUT2D eigenvalue weighted by molar-refractivity contribution is 5.73. The number of hydrogen-bond acceptors (Lipinski definition) is 2. The van der Waals surface area contributed by atoms with Crippen LogP contribution in [0.25, 0.3) is 0 Å². The van der Waals surface area contributed by atoms with E-state index in [0.29, 0.717) is 0 Å². The maximum absolute atomic E-state index is 10.7. The van der Waals surface area contributed by atoms with Gasteiger partial charge in [-0.15, -0.1) is 0 Å². The monoisotopic (exact) mass is 201 g/mol. The lowest BCUT2D eigenvalue weighted by molar-refractivity contribution is 0.242. The molecule has 0 saturated heterocycles. The first-order valence-corrected chi connectivity index (χ1v) is 5.47. The van der Waals surface area contributed by atoms with E-state index in [1.165, 1.54) is 25.7 Å². The van der Waals surface area contributed by atoms with Gasteiger partial charge in [0.2, 0.25) is 0 Å². The second-order valence-electron chi connectivity index (χ2n) is 3.42. The Morgan fingerprint density at radius 3 is 2.21 bits per heavy atom. The minimum absolute atomic E-state index is 0.0897. The first kappa shape index (κ1) is 13.2. The lowest BCUT2D eigenvalue weighted by Crippen LogP contribution is -2.33. The van der Waals surface area contributed by atoms with Crippen LogP contribution >= 0.6 is 0 Å². The van der Waals surface area contributed by atoms with E-state index in [-0.39, 0.29) is 6.03 Å². The lowest BCUT2D eigenvalue weighted by Gasteiger charge is -2.03. The molecule has 0 saturated carbocycles. The Balaban J connectivity index is 2.95. The Morgan fingerprint density at radius 1 is 1.07 bits per heavy atom. The van der Waals surface area contributed by atoms with Gasteiger partial charge < -0.3 is 16.4 Å². The van der Waals surface area contributed by atoms with Crippen molar-refractivity contribution in [3.63, 3.8) is 0 Å². The van der Waals surface area contributed by atoms with E-state index in [1.807, 2.05) is 0 Å². The van der Waals surface area contributed by atoms with E-state index in [2.05, 4.69) is 10.6 Å². The predicted molar refractivity (Wildman–Crippen MR) is 59.2 cm³/mol. The second kappa shape index (κ2) is 10.3. The summed E-state index contributed by atoms with van der Waals surface area (Å²) in [4.78, 5) is 10.7. The lowest BCUT2D eigenvalue weighted by atomic mass is 10.1. The van der Waals surface area contributed by atoms with Crippen LogP contribution in [-0.4, -0.2) is 26.2 Å². The number of unbranched alkanes of at least 4 members (excludes halogenated alkanes) is 5. The second-order valence-corrected chi connectivity index (χ2v) is 3.42. The highest BCUT2D eigenvalue weighted by Gasteiger charge is 1.94. The van der Waals surface area contributed by atoms with Crippen molar-refractivity contribution in [2.45, 2.75) is 38.5 Å². The molecule has 0 unspecified atom stereocenters. The number of urea groups is 1. The normalized spacial score (nSPS) is 9.86. The van der Waals surface area contributed by atoms with Crippen LogP contribution in [0.1, 0.15) is 38.5 Å². The first-order valence-electron chi connectivity index (χ1n) is 5.47. The Labute approximate surface area is 86.6 Å². The quantitative estimate of drug-likeness (QED) is 0.517. The highest BCUT2D eigenvalue weighted by atomic mass is 16.2. The summed E-state index contributed by atoms with van der Waals surface area (Å²) in [6.45, 7) is 1.58. The molecule has 0 aromatic rings. The molecule has 0 aliphatic carbocycles. The molecule has 84 valence electrons. The van der Waals surface area contributed by atoms with Gasteiger partial charge in [0.05, 0.1) is 0 Å². The van der Waals surface area contributed by atoms with Crippen molar-refractivity contribution in [2.24, 2.45) is 5.73 Å². The van der Waals surface area contributed by atoms with Gasteiger partial charge in [0.1, 0.15) is 0 Å². The zero-order valence-corrected chi connectivity index (χ0v) is 9.14. The number of carbonyl (C=O) groups is 1. The number of hydrogen-bond donors (Lipinski definition) is 3. The number of amides is 2. The van der Waals surface area contributed by atoms with Gasteiger partial charge >= 0.3 is 6.03 Å². The molecule has 14 heavy (non-hydrogen) atoms. The van der Waals surface area contributed by atoms with Gasteiger partial charge in [-0.2, -0.15) is 0 Å². The van der Waals surface area contributed by atoms with Crippen LogP contribution in [0.15, 0.2) is 0 Å². The number of nitrogens with one attached hydrogen (secondary N) is 2. The standard InChI is InChI=1S/C10H23N3O/c1-12-10(14)13-9-7-5-3-2-4-6-8-11/h2-9,11H2,1H3,(H2,12,13,14). The van der Waals surface area contributed by atoms with Gasteiger partial charge in [-0.1, -0.05) is 25.7 Å². The Morgan fingerprint density at radius 2 is 1.64 bits per heavy atom. The number of carbonyl (C=O) groups excluding carboxylic acids is 1. The number of nitrogens with two attached hydrogens (primary N) is 1. The van der Waals surface area contributed by atoms with Gasteiger partial charge in [0.25, 0.3) is 0 Å². The largest absolute Gasteiger partial charge is 0.341 e. The van der Waals surface area contributed by atoms with Crippen molar-refractivity contribution < 1.29 is 4.79 Å². The van der Waals surface area contributed by atoms with E-state index < -0.39 is 0 Å². The third-order valence-corrected chi connectivity index (χ3v) is 2.14. The van der Waals surface area contributed by atoms with E-state index in [4.69, 9.17) is 5.73 Å². The SMILES string of the molecule is CNC(=O)NCCCCCCCCN. The van der Waals surface area contributed by atoms with Gasteiger partial charge in [-0.25, -0.2) is 4.79 Å². The smallest absolute Gasteiger partial charge is 0.314 e. The van der Waals surface area contributed by atoms with E-state index in [1.54, 1.807) is 7.05 Å². The Hall–Kier alpha value is -0.770. The predicted octanol–water partition coefficient (Wildman–Crippen LogP) is 1.21. The molecule has 0 radical (unpaired) electrons. The molecule has 2 amide bonds. The van der Waals surface area contributed by atoms with Gasteiger partial charge in [-0.3, -0.25) is 0 Å². The molecule has 0 bridgehead atoms. The van der Waals surface area contributed by atoms with Gasteiger partial charge in [0, 0.05) is 13.6 Å². The number of rotatable bonds is 8. The van der Waals surface area contributed by atoms with Crippen LogP contribution in [0.3, 0.4) is 0 Å². The van der Waals surface area contributed by atoms with Crippen molar-refractivity contribution >= 4 is 6.03 Å². The van der Waals surface area contributed by atoms with Crippen LogP contribution in [-0.2, 0) is 0 Å². The fourth-order valence-electron chi connectivity index (χ4n) is 1.27. The molecular formula is C10H23N3O. The Kier molecular flexibility index (Phi) is 9.74. The summed E-state index contributed by atoms with van der Waals surface area (Å²) in [5.74, 6) is 0. The molecular weight excluding hydrogens is 178 g/mol. The van der Waals surface area contributed by atoms with Crippen LogP contribution < -0.4 is 16.4 Å². The Bertz CT molecular complexity index is 139. The van der Waals surface area contributed by atoms with Gasteiger partial charge in [-0.05, 0) is 19.4 Å². The van der Waals surface area contributed by atoms with Crippen molar-refractivity contribution in [1.29, 1.82) is 0 Å². The van der Waals surface area contributed by atoms with Crippen LogP contribution in [0.4, 0.5) is 4.79 Å². The molecule has 4 N–H and O–H groups in total. The summed E-state index contributed by atoms with van der Waals surface area (Å²) in [6, 6.07) is -0.0897. The molecule has 0 rings (SSSR count). The molecule has 0 spiro atoms. The highest BCUT2D eigenvalue weighted by Crippen LogP contribution is 2.03. The maximum Gasteiger partial charge on any atom is 0.314 e. The molecule has 0 fully saturated rings. The average Bonchev–Trinajstić information content (AvgIpc) is 2.21. The van der Waals surface area contributed by atoms with Crippen LogP contribution in [0.5, 0.6) is 0 Å². The zero-order chi connectivity index (χ0) is 10.6. The van der Waals surface area contributed by atoms with E-state index >= 15 is 0 Å². The van der Waals surface area contributed by atoms with Crippen LogP contribution in [0, 0.1) is 0 Å². The van der Waals surface area contributed by atoms with Gasteiger partial charge in [0.15, 0.2) is 0 Å². The zero-order valence-electron chi connectivity index (χ0n) is 9.14. The van der Waals surface area contributed by atoms with Crippen molar-refractivity contribution in [2.75, 3.05) is 20.1 Å². The molecule has 0 heterocycles. The van der Waals surface area contributed by atoms with E-state index in [0.717, 1.165) is 25.9 Å². The minimum atomic E-state index is -0.0897. The molecule has 4 nitrogen and oxygen atoms in total. The van der Waals surface area contributed by atoms with Crippen LogP contribution in [0.2, 0.25) is 0 Å². The molecule has 0 aromatic heterocycles. The molecule has 4 heteroatoms. The van der Waals surface area contributed by atoms with Crippen molar-refractivity contribution in [1.82, 2.24) is 10.6 Å². The van der Waals surface area contributed by atoms with Crippen molar-refractivity contribution in [3.8, 4) is 0 Å². The molecule has 0 aliphatic heterocycles. The topological polar surface area (TPSA) is 67.2 Å². The summed E-state index contributed by atoms with van der Waals surface area (Å²) in [5.41, 5.74) is 5.39. The minimum Gasteiger partial charge on any atom is -0.341 e. The summed E-state index contributed by atoms with van der Waals surface area (Å²) >= 11 is 0. The third kappa shape index (κ3) is 9.32. The molecule has 0 aliphatic rings. The summed E-state index contributed by atoms with van der Waals surface area (Å²) in [7, 11) is 1.63. The van der Waals surface area contributed by atoms with Crippen molar-refractivity contribution in [3.05, 3.63) is 0 Å². The summed E-state index contributed by atoms with van der Waals surface area (Å²) in [5, 5.41) is 5.28. The fourth-order valence-corrected chi connectivity index (χ4v) is 1.27. The molecule has 0 atom stereocenters. The molecule has 0 aromatic carbocycles.